The topological polar surface area (TPSA) is 77.4 Å². The molecule has 2 unspecified atom stereocenters. The molecule has 0 aliphatic heterocycles. The molecule has 25 heavy (non-hydrogen) atoms. The second-order valence-electron chi connectivity index (χ2n) is 7.11. The molecule has 4 nitrogen and oxygen atoms in total. The van der Waals surface area contributed by atoms with Gasteiger partial charge in [0.15, 0.2) is 0 Å². The number of aliphatic hydroxyl groups excluding tert-OH is 1. The van der Waals surface area contributed by atoms with Gasteiger partial charge in [-0.15, -0.1) is 0 Å². The molecule has 0 aromatic rings. The largest absolute Gasteiger partial charge is 1.00 e. The van der Waals surface area contributed by atoms with E-state index in [1.807, 2.05) is 6.92 Å². The molecule has 0 saturated carbocycles. The van der Waals surface area contributed by atoms with Crippen LogP contribution in [0.3, 0.4) is 0 Å². The third-order valence-corrected chi connectivity index (χ3v) is 6.04. The van der Waals surface area contributed by atoms with Crippen molar-refractivity contribution in [1.82, 2.24) is 0 Å². The molecule has 0 radical (unpaired) electrons. The summed E-state index contributed by atoms with van der Waals surface area (Å²) in [5.74, 6) is 0. The Kier molecular flexibility index (Phi) is 20.5. The van der Waals surface area contributed by atoms with E-state index in [1.165, 1.54) is 38.5 Å². The van der Waals surface area contributed by atoms with E-state index in [2.05, 4.69) is 6.92 Å². The predicted octanol–water partition coefficient (Wildman–Crippen LogP) is 2.16. The summed E-state index contributed by atoms with van der Waals surface area (Å²) in [7, 11) is -4.24. The molecule has 0 rings (SSSR count). The van der Waals surface area contributed by atoms with Crippen molar-refractivity contribution in [1.29, 1.82) is 0 Å². The first-order valence-electron chi connectivity index (χ1n) is 10.0. The van der Waals surface area contributed by atoms with Crippen molar-refractivity contribution < 1.29 is 47.6 Å². The quantitative estimate of drug-likeness (QED) is 0.236. The maximum absolute atomic E-state index is 11.3. The molecule has 146 valence electrons. The van der Waals surface area contributed by atoms with Crippen LogP contribution < -0.4 is 29.6 Å². The number of unbranched alkanes of at least 4 members (excludes halogenated alkanes) is 9. The Morgan fingerprint density at radius 3 is 1.68 bits per heavy atom. The van der Waals surface area contributed by atoms with Gasteiger partial charge in [-0.3, -0.25) is 0 Å². The first-order chi connectivity index (χ1) is 11.4. The minimum Gasteiger partial charge on any atom is -0.748 e. The monoisotopic (exact) mass is 386 g/mol. The number of rotatable bonds is 17. The first-order valence-corrected chi connectivity index (χ1v) is 11.5. The van der Waals surface area contributed by atoms with Crippen LogP contribution in [0.4, 0.5) is 0 Å². The van der Waals surface area contributed by atoms with Gasteiger partial charge in [0.2, 0.25) is 0 Å². The number of hydrogen-bond donors (Lipinski definition) is 1. The summed E-state index contributed by atoms with van der Waals surface area (Å²) in [4.78, 5) is 0. The van der Waals surface area contributed by atoms with Crippen LogP contribution in [-0.4, -0.2) is 29.4 Å². The fraction of sp³-hybridized carbons (Fsp3) is 1.00. The van der Waals surface area contributed by atoms with Crippen LogP contribution in [0.2, 0.25) is 0 Å². The van der Waals surface area contributed by atoms with E-state index in [9.17, 15) is 18.1 Å². The van der Waals surface area contributed by atoms with Crippen LogP contribution in [0.25, 0.3) is 0 Å². The Morgan fingerprint density at radius 2 is 1.16 bits per heavy atom. The van der Waals surface area contributed by atoms with Crippen LogP contribution >= 0.6 is 0 Å². The van der Waals surface area contributed by atoms with Crippen LogP contribution in [0.15, 0.2) is 0 Å². The molecule has 0 aliphatic carbocycles. The van der Waals surface area contributed by atoms with Gasteiger partial charge in [-0.2, -0.15) is 0 Å². The van der Waals surface area contributed by atoms with Crippen molar-refractivity contribution in [3.63, 3.8) is 0 Å². The van der Waals surface area contributed by atoms with E-state index >= 15 is 0 Å². The summed E-state index contributed by atoms with van der Waals surface area (Å²) in [6.07, 6.45) is 13.9. The van der Waals surface area contributed by atoms with Gasteiger partial charge in [-0.25, -0.2) is 8.42 Å². The average Bonchev–Trinajstić information content (AvgIpc) is 2.52. The molecule has 2 atom stereocenters. The SMILES string of the molecule is CCCCCCCCCCC(O)CCC(CCCCC)S(=O)(=O)[O-].[Na+]. The van der Waals surface area contributed by atoms with Gasteiger partial charge >= 0.3 is 29.6 Å². The van der Waals surface area contributed by atoms with E-state index in [4.69, 9.17) is 0 Å². The normalized spacial score (nSPS) is 14.1. The van der Waals surface area contributed by atoms with Gasteiger partial charge in [0, 0.05) is 5.25 Å². The van der Waals surface area contributed by atoms with Gasteiger partial charge in [0.05, 0.1) is 16.2 Å². The van der Waals surface area contributed by atoms with E-state index in [-0.39, 0.29) is 29.6 Å². The van der Waals surface area contributed by atoms with Gasteiger partial charge in [-0.1, -0.05) is 84.5 Å². The van der Waals surface area contributed by atoms with Crippen molar-refractivity contribution in [2.45, 2.75) is 122 Å². The van der Waals surface area contributed by atoms with Crippen molar-refractivity contribution in [2.75, 3.05) is 0 Å². The van der Waals surface area contributed by atoms with Crippen LogP contribution in [0.1, 0.15) is 110 Å². The fourth-order valence-corrected chi connectivity index (χ4v) is 3.97. The van der Waals surface area contributed by atoms with Crippen molar-refractivity contribution in [2.24, 2.45) is 0 Å². The zero-order chi connectivity index (χ0) is 18.3. The van der Waals surface area contributed by atoms with E-state index in [0.29, 0.717) is 19.3 Å². The van der Waals surface area contributed by atoms with Crippen molar-refractivity contribution in [3.8, 4) is 0 Å². The second kappa shape index (κ2) is 18.2. The minimum absolute atomic E-state index is 0. The Labute approximate surface area is 178 Å². The van der Waals surface area contributed by atoms with Gasteiger partial charge in [0.1, 0.15) is 0 Å². The Morgan fingerprint density at radius 1 is 0.720 bits per heavy atom. The molecule has 0 aromatic carbocycles. The zero-order valence-electron chi connectivity index (χ0n) is 16.8. The maximum atomic E-state index is 11.3. The molecule has 0 bridgehead atoms. The molecule has 0 spiro atoms. The summed E-state index contributed by atoms with van der Waals surface area (Å²) in [5, 5.41) is 9.19. The summed E-state index contributed by atoms with van der Waals surface area (Å²) in [6.45, 7) is 4.27. The Hall–Kier alpha value is 0.870. The zero-order valence-corrected chi connectivity index (χ0v) is 19.7. The number of hydrogen-bond acceptors (Lipinski definition) is 4. The Bertz CT molecular complexity index is 374. The van der Waals surface area contributed by atoms with E-state index in [0.717, 1.165) is 38.5 Å². The average molecular weight is 387 g/mol. The van der Waals surface area contributed by atoms with Gasteiger partial charge < -0.3 is 9.66 Å². The summed E-state index contributed by atoms with van der Waals surface area (Å²) in [6, 6.07) is 0. The van der Waals surface area contributed by atoms with Crippen LogP contribution in [-0.2, 0) is 10.1 Å². The smallest absolute Gasteiger partial charge is 0.748 e. The summed E-state index contributed by atoms with van der Waals surface area (Å²) < 4.78 is 33.9. The third-order valence-electron chi connectivity index (χ3n) is 4.75. The van der Waals surface area contributed by atoms with Crippen LogP contribution in [0, 0.1) is 0 Å². The molecule has 6 heteroatoms. The predicted molar refractivity (Wildman–Crippen MR) is 100 cm³/mol. The van der Waals surface area contributed by atoms with E-state index in [1.54, 1.807) is 0 Å². The molecule has 0 heterocycles. The molecular weight excluding hydrogens is 347 g/mol. The molecule has 0 fully saturated rings. The van der Waals surface area contributed by atoms with E-state index < -0.39 is 21.5 Å². The van der Waals surface area contributed by atoms with Crippen molar-refractivity contribution in [3.05, 3.63) is 0 Å². The summed E-state index contributed by atoms with van der Waals surface area (Å²) >= 11 is 0. The van der Waals surface area contributed by atoms with Crippen molar-refractivity contribution >= 4 is 10.1 Å². The Balaban J connectivity index is 0. The first kappa shape index (κ1) is 28.1. The van der Waals surface area contributed by atoms with Gasteiger partial charge in [-0.05, 0) is 25.7 Å². The van der Waals surface area contributed by atoms with Crippen LogP contribution in [0.5, 0.6) is 0 Å². The molecule has 1 N–H and O–H groups in total. The molecule has 0 amide bonds. The summed E-state index contributed by atoms with van der Waals surface area (Å²) in [5.41, 5.74) is 0. The second-order valence-corrected chi connectivity index (χ2v) is 8.76. The van der Waals surface area contributed by atoms with Gasteiger partial charge in [0.25, 0.3) is 0 Å². The molecule has 0 aliphatic rings. The minimum atomic E-state index is -4.24. The fourth-order valence-electron chi connectivity index (χ4n) is 3.09. The molecular formula is C19H39NaO4S. The molecule has 0 aromatic heterocycles. The standard InChI is InChI=1S/C19H40O4S.Na/c1-3-5-7-8-9-10-11-13-14-18(20)16-17-19(24(21,22)23)15-12-6-4-2;/h18-20H,3-17H2,1-2H3,(H,21,22,23);/q;+1/p-1. The maximum Gasteiger partial charge on any atom is 1.00 e. The third kappa shape index (κ3) is 18.0. The number of aliphatic hydroxyl groups is 1. The molecule has 0 saturated heterocycles.